The molecule has 112 valence electrons. The maximum atomic E-state index is 12.9. The zero-order valence-electron chi connectivity index (χ0n) is 12.2. The van der Waals surface area contributed by atoms with Gasteiger partial charge in [0.05, 0.1) is 7.11 Å². The van der Waals surface area contributed by atoms with Crippen LogP contribution in [0.4, 0.5) is 5.69 Å². The van der Waals surface area contributed by atoms with Crippen LogP contribution in [0.3, 0.4) is 0 Å². The Hall–Kier alpha value is -1.27. The number of anilines is 1. The van der Waals surface area contributed by atoms with E-state index in [1.807, 2.05) is 13.8 Å². The van der Waals surface area contributed by atoms with E-state index < -0.39 is 10.0 Å². The monoisotopic (exact) mass is 298 g/mol. The quantitative estimate of drug-likeness (QED) is 0.869. The van der Waals surface area contributed by atoms with E-state index in [0.717, 1.165) is 19.3 Å². The van der Waals surface area contributed by atoms with Crippen LogP contribution in [0.2, 0.25) is 0 Å². The fourth-order valence-corrected chi connectivity index (χ4v) is 4.90. The Morgan fingerprint density at radius 1 is 1.25 bits per heavy atom. The molecule has 1 saturated heterocycles. The van der Waals surface area contributed by atoms with E-state index in [4.69, 9.17) is 10.5 Å². The van der Waals surface area contributed by atoms with Crippen LogP contribution in [0.1, 0.15) is 33.1 Å². The summed E-state index contributed by atoms with van der Waals surface area (Å²) in [5, 5.41) is 0. The number of ether oxygens (including phenoxy) is 1. The van der Waals surface area contributed by atoms with Crippen molar-refractivity contribution >= 4 is 15.7 Å². The maximum Gasteiger partial charge on any atom is 0.247 e. The average molecular weight is 298 g/mol. The SMILES string of the molecule is COc1cc(N)ccc1S(=O)(=O)N1[C@H](C)CCC[C@@H]1C. The van der Waals surface area contributed by atoms with Crippen LogP contribution in [-0.2, 0) is 10.0 Å². The van der Waals surface area contributed by atoms with E-state index >= 15 is 0 Å². The van der Waals surface area contributed by atoms with Crippen molar-refractivity contribution in [3.63, 3.8) is 0 Å². The third kappa shape index (κ3) is 2.62. The molecule has 0 saturated carbocycles. The lowest BCUT2D eigenvalue weighted by Crippen LogP contribution is -2.47. The minimum absolute atomic E-state index is 0.00556. The predicted molar refractivity (Wildman–Crippen MR) is 79.2 cm³/mol. The number of hydrogen-bond acceptors (Lipinski definition) is 4. The van der Waals surface area contributed by atoms with Crippen molar-refractivity contribution in [2.75, 3.05) is 12.8 Å². The molecule has 1 heterocycles. The van der Waals surface area contributed by atoms with E-state index in [9.17, 15) is 8.42 Å². The Kier molecular flexibility index (Phi) is 4.25. The molecule has 20 heavy (non-hydrogen) atoms. The molecule has 0 aliphatic carbocycles. The largest absolute Gasteiger partial charge is 0.495 e. The van der Waals surface area contributed by atoms with Gasteiger partial charge in [0.15, 0.2) is 0 Å². The Morgan fingerprint density at radius 3 is 2.40 bits per heavy atom. The number of nitrogens with zero attached hydrogens (tertiary/aromatic N) is 1. The molecule has 0 radical (unpaired) electrons. The van der Waals surface area contributed by atoms with Gasteiger partial charge < -0.3 is 10.5 Å². The number of rotatable bonds is 3. The fourth-order valence-electron chi connectivity index (χ4n) is 2.88. The number of methoxy groups -OCH3 is 1. The third-order valence-electron chi connectivity index (χ3n) is 3.86. The highest BCUT2D eigenvalue weighted by molar-refractivity contribution is 7.89. The molecule has 5 nitrogen and oxygen atoms in total. The number of nitrogens with two attached hydrogens (primary N) is 1. The standard InChI is InChI=1S/C14H22N2O3S/c1-10-5-4-6-11(2)16(10)20(17,18)14-8-7-12(15)9-13(14)19-3/h7-11H,4-6,15H2,1-3H3/t10-,11+. The first-order valence-electron chi connectivity index (χ1n) is 6.85. The van der Waals surface area contributed by atoms with Crippen molar-refractivity contribution in [2.45, 2.75) is 50.1 Å². The number of hydrogen-bond donors (Lipinski definition) is 1. The van der Waals surface area contributed by atoms with E-state index in [-0.39, 0.29) is 17.0 Å². The Bertz CT molecular complexity index is 576. The molecular formula is C14H22N2O3S. The topological polar surface area (TPSA) is 72.6 Å². The molecule has 0 spiro atoms. The van der Waals surface area contributed by atoms with Crippen LogP contribution in [0, 0.1) is 0 Å². The highest BCUT2D eigenvalue weighted by atomic mass is 32.2. The lowest BCUT2D eigenvalue weighted by molar-refractivity contribution is 0.203. The second-order valence-corrected chi connectivity index (χ2v) is 7.19. The van der Waals surface area contributed by atoms with Gasteiger partial charge in [0.1, 0.15) is 10.6 Å². The lowest BCUT2D eigenvalue weighted by atomic mass is 10.0. The molecule has 0 amide bonds. The number of benzene rings is 1. The third-order valence-corrected chi connectivity index (χ3v) is 6.02. The van der Waals surface area contributed by atoms with E-state index in [0.29, 0.717) is 11.4 Å². The van der Waals surface area contributed by atoms with Crippen molar-refractivity contribution < 1.29 is 13.2 Å². The van der Waals surface area contributed by atoms with Gasteiger partial charge in [0.25, 0.3) is 0 Å². The van der Waals surface area contributed by atoms with Gasteiger partial charge in [-0.25, -0.2) is 8.42 Å². The minimum Gasteiger partial charge on any atom is -0.495 e. The van der Waals surface area contributed by atoms with Gasteiger partial charge in [-0.3, -0.25) is 0 Å². The Morgan fingerprint density at radius 2 is 1.85 bits per heavy atom. The minimum atomic E-state index is -3.57. The molecule has 2 rings (SSSR count). The molecule has 1 aromatic carbocycles. The van der Waals surface area contributed by atoms with Crippen molar-refractivity contribution in [1.29, 1.82) is 0 Å². The summed E-state index contributed by atoms with van der Waals surface area (Å²) in [5.74, 6) is 0.301. The number of nitrogen functional groups attached to an aromatic ring is 1. The van der Waals surface area contributed by atoms with Crippen molar-refractivity contribution in [2.24, 2.45) is 0 Å². The molecule has 2 N–H and O–H groups in total. The smallest absolute Gasteiger partial charge is 0.247 e. The number of piperidine rings is 1. The average Bonchev–Trinajstić information content (AvgIpc) is 2.37. The Balaban J connectivity index is 2.49. The van der Waals surface area contributed by atoms with E-state index in [2.05, 4.69) is 0 Å². The van der Waals surface area contributed by atoms with Crippen molar-refractivity contribution in [3.8, 4) is 5.75 Å². The number of sulfonamides is 1. The molecule has 1 aliphatic heterocycles. The summed E-state index contributed by atoms with van der Waals surface area (Å²) in [5.41, 5.74) is 6.18. The predicted octanol–water partition coefficient (Wildman–Crippen LogP) is 2.23. The maximum absolute atomic E-state index is 12.9. The van der Waals surface area contributed by atoms with Gasteiger partial charge >= 0.3 is 0 Å². The van der Waals surface area contributed by atoms with Crippen LogP contribution in [0.5, 0.6) is 5.75 Å². The summed E-state index contributed by atoms with van der Waals surface area (Å²) in [6.07, 6.45) is 2.84. The summed E-state index contributed by atoms with van der Waals surface area (Å²) in [6.45, 7) is 3.91. The van der Waals surface area contributed by atoms with Crippen LogP contribution in [0.15, 0.2) is 23.1 Å². The molecule has 1 aromatic rings. The van der Waals surface area contributed by atoms with Gasteiger partial charge in [0.2, 0.25) is 10.0 Å². The molecule has 0 bridgehead atoms. The summed E-state index contributed by atoms with van der Waals surface area (Å²) >= 11 is 0. The normalized spacial score (nSPS) is 24.6. The second kappa shape index (κ2) is 5.61. The molecule has 1 fully saturated rings. The highest BCUT2D eigenvalue weighted by Gasteiger charge is 2.37. The van der Waals surface area contributed by atoms with E-state index in [1.165, 1.54) is 13.2 Å². The summed E-state index contributed by atoms with van der Waals surface area (Å²) < 4.78 is 32.6. The van der Waals surface area contributed by atoms with Gasteiger partial charge in [-0.05, 0) is 38.8 Å². The van der Waals surface area contributed by atoms with Crippen molar-refractivity contribution in [1.82, 2.24) is 4.31 Å². The molecular weight excluding hydrogens is 276 g/mol. The first-order chi connectivity index (χ1) is 9.37. The van der Waals surface area contributed by atoms with E-state index in [1.54, 1.807) is 16.4 Å². The zero-order chi connectivity index (χ0) is 14.9. The molecule has 2 atom stereocenters. The lowest BCUT2D eigenvalue weighted by Gasteiger charge is -2.37. The fraction of sp³-hybridized carbons (Fsp3) is 0.571. The molecule has 0 unspecified atom stereocenters. The highest BCUT2D eigenvalue weighted by Crippen LogP contribution is 2.34. The van der Waals surface area contributed by atoms with Crippen LogP contribution in [0.25, 0.3) is 0 Å². The summed E-state index contributed by atoms with van der Waals surface area (Å²) in [4.78, 5) is 0.190. The van der Waals surface area contributed by atoms with Gasteiger partial charge in [-0.15, -0.1) is 0 Å². The molecule has 6 heteroatoms. The molecule has 1 aliphatic rings. The molecule has 0 aromatic heterocycles. The first-order valence-corrected chi connectivity index (χ1v) is 8.29. The van der Waals surface area contributed by atoms with Crippen LogP contribution in [-0.4, -0.2) is 31.9 Å². The zero-order valence-corrected chi connectivity index (χ0v) is 13.0. The van der Waals surface area contributed by atoms with Gasteiger partial charge in [-0.1, -0.05) is 6.42 Å². The first kappa shape index (κ1) is 15.1. The van der Waals surface area contributed by atoms with Crippen LogP contribution < -0.4 is 10.5 Å². The van der Waals surface area contributed by atoms with Gasteiger partial charge in [-0.2, -0.15) is 4.31 Å². The second-order valence-electron chi connectivity index (χ2n) is 5.37. The Labute approximate surface area is 120 Å². The van der Waals surface area contributed by atoms with Crippen LogP contribution >= 0.6 is 0 Å². The summed E-state index contributed by atoms with van der Waals surface area (Å²) in [7, 11) is -2.11. The van der Waals surface area contributed by atoms with Gasteiger partial charge in [0, 0.05) is 23.8 Å². The summed E-state index contributed by atoms with van der Waals surface area (Å²) in [6, 6.07) is 4.68. The van der Waals surface area contributed by atoms with Crippen molar-refractivity contribution in [3.05, 3.63) is 18.2 Å².